The Bertz CT molecular complexity index is 758. The van der Waals surface area contributed by atoms with Crippen molar-refractivity contribution in [3.63, 3.8) is 0 Å². The molecule has 0 saturated carbocycles. The van der Waals surface area contributed by atoms with E-state index in [2.05, 4.69) is 10.6 Å². The lowest BCUT2D eigenvalue weighted by molar-refractivity contribution is -0.117. The standard InChI is InChI=1S/C19H22FN3O2/c1-13-4-5-14(10-17(13)20)11-18(24)21-15-6-8-16(9-7-15)22-19(25)12-23(2)3/h4-10H,11-12H2,1-3H3,(H,21,24)(H,22,25). The van der Waals surface area contributed by atoms with Gasteiger partial charge in [0.25, 0.3) is 0 Å². The Balaban J connectivity index is 1.90. The van der Waals surface area contributed by atoms with Gasteiger partial charge in [0.05, 0.1) is 13.0 Å². The van der Waals surface area contributed by atoms with Crippen LogP contribution in [0.4, 0.5) is 15.8 Å². The molecule has 0 aliphatic heterocycles. The van der Waals surface area contributed by atoms with E-state index in [0.717, 1.165) is 0 Å². The lowest BCUT2D eigenvalue weighted by Gasteiger charge is -2.11. The minimum absolute atomic E-state index is 0.0958. The molecule has 0 bridgehead atoms. The Labute approximate surface area is 146 Å². The van der Waals surface area contributed by atoms with E-state index >= 15 is 0 Å². The van der Waals surface area contributed by atoms with Crippen molar-refractivity contribution >= 4 is 23.2 Å². The second-order valence-corrected chi connectivity index (χ2v) is 6.17. The highest BCUT2D eigenvalue weighted by Crippen LogP contribution is 2.15. The van der Waals surface area contributed by atoms with Crippen molar-refractivity contribution in [1.29, 1.82) is 0 Å². The van der Waals surface area contributed by atoms with Crippen molar-refractivity contribution < 1.29 is 14.0 Å². The third-order valence-electron chi connectivity index (χ3n) is 3.51. The van der Waals surface area contributed by atoms with E-state index in [1.165, 1.54) is 6.07 Å². The summed E-state index contributed by atoms with van der Waals surface area (Å²) in [6, 6.07) is 11.6. The van der Waals surface area contributed by atoms with Crippen LogP contribution in [0, 0.1) is 12.7 Å². The molecule has 0 unspecified atom stereocenters. The first-order chi connectivity index (χ1) is 11.8. The fourth-order valence-corrected chi connectivity index (χ4v) is 2.26. The first kappa shape index (κ1) is 18.6. The summed E-state index contributed by atoms with van der Waals surface area (Å²) in [4.78, 5) is 25.5. The van der Waals surface area contributed by atoms with Crippen molar-refractivity contribution in [2.75, 3.05) is 31.3 Å². The number of carbonyl (C=O) groups excluding carboxylic acids is 2. The van der Waals surface area contributed by atoms with Crippen LogP contribution in [0.2, 0.25) is 0 Å². The van der Waals surface area contributed by atoms with E-state index in [1.807, 2.05) is 14.1 Å². The molecule has 25 heavy (non-hydrogen) atoms. The zero-order valence-corrected chi connectivity index (χ0v) is 14.6. The molecule has 2 N–H and O–H groups in total. The van der Waals surface area contributed by atoms with Gasteiger partial charge in [0.15, 0.2) is 0 Å². The molecule has 0 aliphatic carbocycles. The number of likely N-dealkylation sites (N-methyl/N-ethyl adjacent to an activating group) is 1. The third kappa shape index (κ3) is 6.00. The number of benzene rings is 2. The quantitative estimate of drug-likeness (QED) is 0.848. The number of hydrogen-bond acceptors (Lipinski definition) is 3. The molecule has 0 atom stereocenters. The molecule has 0 spiro atoms. The van der Waals surface area contributed by atoms with Gasteiger partial charge >= 0.3 is 0 Å². The summed E-state index contributed by atoms with van der Waals surface area (Å²) in [5, 5.41) is 5.53. The maximum atomic E-state index is 13.5. The first-order valence-corrected chi connectivity index (χ1v) is 7.93. The fraction of sp³-hybridized carbons (Fsp3) is 0.263. The highest BCUT2D eigenvalue weighted by atomic mass is 19.1. The lowest BCUT2D eigenvalue weighted by atomic mass is 10.1. The van der Waals surface area contributed by atoms with Crippen molar-refractivity contribution in [2.24, 2.45) is 0 Å². The molecule has 6 heteroatoms. The molecule has 0 saturated heterocycles. The Kier molecular flexibility index (Phi) is 6.25. The molecule has 2 aromatic carbocycles. The Morgan fingerprint density at radius 1 is 0.960 bits per heavy atom. The van der Waals surface area contributed by atoms with Crippen LogP contribution < -0.4 is 10.6 Å². The second kappa shape index (κ2) is 8.39. The van der Waals surface area contributed by atoms with Crippen LogP contribution >= 0.6 is 0 Å². The van der Waals surface area contributed by atoms with Crippen LogP contribution in [-0.2, 0) is 16.0 Å². The minimum Gasteiger partial charge on any atom is -0.326 e. The predicted octanol–water partition coefficient (Wildman–Crippen LogP) is 2.82. The first-order valence-electron chi connectivity index (χ1n) is 7.93. The van der Waals surface area contributed by atoms with E-state index < -0.39 is 0 Å². The summed E-state index contributed by atoms with van der Waals surface area (Å²) in [5.41, 5.74) is 2.44. The normalized spacial score (nSPS) is 10.6. The number of nitrogens with one attached hydrogen (secondary N) is 2. The molecule has 0 radical (unpaired) electrons. The molecule has 0 aliphatic rings. The average molecular weight is 343 g/mol. The molecule has 5 nitrogen and oxygen atoms in total. The summed E-state index contributed by atoms with van der Waals surface area (Å²) in [6.07, 6.45) is 0.0958. The van der Waals surface area contributed by atoms with Gasteiger partial charge in [0.1, 0.15) is 5.82 Å². The molecule has 0 heterocycles. The van der Waals surface area contributed by atoms with Gasteiger partial charge < -0.3 is 15.5 Å². The van der Waals surface area contributed by atoms with Gasteiger partial charge in [-0.1, -0.05) is 12.1 Å². The van der Waals surface area contributed by atoms with Gasteiger partial charge in [-0.15, -0.1) is 0 Å². The monoisotopic (exact) mass is 343 g/mol. The van der Waals surface area contributed by atoms with E-state index in [9.17, 15) is 14.0 Å². The van der Waals surface area contributed by atoms with Crippen LogP contribution in [0.5, 0.6) is 0 Å². The number of carbonyl (C=O) groups is 2. The molecule has 0 aromatic heterocycles. The maximum Gasteiger partial charge on any atom is 0.238 e. The van der Waals surface area contributed by atoms with Gasteiger partial charge in [0, 0.05) is 11.4 Å². The third-order valence-corrected chi connectivity index (χ3v) is 3.51. The number of hydrogen-bond donors (Lipinski definition) is 2. The van der Waals surface area contributed by atoms with Crippen molar-refractivity contribution in [3.8, 4) is 0 Å². The van der Waals surface area contributed by atoms with Crippen LogP contribution in [-0.4, -0.2) is 37.4 Å². The number of halogens is 1. The molecule has 2 amide bonds. The van der Waals surface area contributed by atoms with Crippen LogP contribution in [0.25, 0.3) is 0 Å². The summed E-state index contributed by atoms with van der Waals surface area (Å²) in [5.74, 6) is -0.654. The zero-order valence-electron chi connectivity index (χ0n) is 14.6. The topological polar surface area (TPSA) is 61.4 Å². The van der Waals surface area contributed by atoms with E-state index in [4.69, 9.17) is 0 Å². The van der Waals surface area contributed by atoms with Crippen LogP contribution in [0.3, 0.4) is 0 Å². The smallest absolute Gasteiger partial charge is 0.238 e. The summed E-state index contributed by atoms with van der Waals surface area (Å²) < 4.78 is 13.5. The largest absolute Gasteiger partial charge is 0.326 e. The summed E-state index contributed by atoms with van der Waals surface area (Å²) in [6.45, 7) is 1.98. The van der Waals surface area contributed by atoms with Gasteiger partial charge in [-0.25, -0.2) is 4.39 Å². The van der Waals surface area contributed by atoms with Gasteiger partial charge in [-0.05, 0) is 62.5 Å². The zero-order chi connectivity index (χ0) is 18.4. The summed E-state index contributed by atoms with van der Waals surface area (Å²) in [7, 11) is 3.64. The highest BCUT2D eigenvalue weighted by Gasteiger charge is 2.07. The number of anilines is 2. The van der Waals surface area contributed by atoms with Crippen LogP contribution in [0.1, 0.15) is 11.1 Å². The van der Waals surface area contributed by atoms with Crippen molar-refractivity contribution in [2.45, 2.75) is 13.3 Å². The predicted molar refractivity (Wildman–Crippen MR) is 97.1 cm³/mol. The fourth-order valence-electron chi connectivity index (χ4n) is 2.26. The Morgan fingerprint density at radius 3 is 2.04 bits per heavy atom. The van der Waals surface area contributed by atoms with E-state index in [1.54, 1.807) is 48.2 Å². The van der Waals surface area contributed by atoms with E-state index in [-0.39, 0.29) is 24.1 Å². The van der Waals surface area contributed by atoms with E-state index in [0.29, 0.717) is 29.0 Å². The molecule has 2 rings (SSSR count). The highest BCUT2D eigenvalue weighted by molar-refractivity contribution is 5.94. The Hall–Kier alpha value is -2.73. The average Bonchev–Trinajstić information content (AvgIpc) is 2.52. The van der Waals surface area contributed by atoms with Gasteiger partial charge in [0.2, 0.25) is 11.8 Å². The molecule has 0 fully saturated rings. The molecular formula is C19H22FN3O2. The van der Waals surface area contributed by atoms with Crippen LogP contribution in [0.15, 0.2) is 42.5 Å². The minimum atomic E-state index is -0.317. The molecular weight excluding hydrogens is 321 g/mol. The molecule has 2 aromatic rings. The lowest BCUT2D eigenvalue weighted by Crippen LogP contribution is -2.27. The molecule has 132 valence electrons. The van der Waals surface area contributed by atoms with Gasteiger partial charge in [-0.3, -0.25) is 9.59 Å². The Morgan fingerprint density at radius 2 is 1.52 bits per heavy atom. The van der Waals surface area contributed by atoms with Crippen molar-refractivity contribution in [1.82, 2.24) is 4.90 Å². The maximum absolute atomic E-state index is 13.5. The number of nitrogens with zero attached hydrogens (tertiary/aromatic N) is 1. The number of rotatable bonds is 6. The SMILES string of the molecule is Cc1ccc(CC(=O)Nc2ccc(NC(=O)CN(C)C)cc2)cc1F. The van der Waals surface area contributed by atoms with Gasteiger partial charge in [-0.2, -0.15) is 0 Å². The summed E-state index contributed by atoms with van der Waals surface area (Å²) >= 11 is 0. The number of aryl methyl sites for hydroxylation is 1. The van der Waals surface area contributed by atoms with Crippen molar-refractivity contribution in [3.05, 3.63) is 59.4 Å². The second-order valence-electron chi connectivity index (χ2n) is 6.17. The number of amides is 2.